The molecule has 11 aromatic rings. The summed E-state index contributed by atoms with van der Waals surface area (Å²) in [7, 11) is 0. The first kappa shape index (κ1) is 42.8. The number of anilines is 6. The second-order valence-corrected chi connectivity index (χ2v) is 20.2. The van der Waals surface area contributed by atoms with Crippen molar-refractivity contribution in [1.29, 1.82) is 5.26 Å². The van der Waals surface area contributed by atoms with Crippen molar-refractivity contribution in [2.75, 3.05) is 9.80 Å². The van der Waals surface area contributed by atoms with E-state index in [0.717, 1.165) is 72.9 Å². The molecule has 3 aliphatic heterocycles. The maximum Gasteiger partial charge on any atom is 0.252 e. The Bertz CT molecular complexity index is 3920. The lowest BCUT2D eigenvalue weighted by Gasteiger charge is -2.45. The average molecular weight is 944 g/mol. The summed E-state index contributed by atoms with van der Waals surface area (Å²) in [5, 5.41) is 10.4. The number of para-hydroxylation sites is 1. The van der Waals surface area contributed by atoms with Crippen molar-refractivity contribution in [2.24, 2.45) is 0 Å². The fourth-order valence-corrected chi connectivity index (χ4v) is 12.9. The number of hydrogen-bond donors (Lipinski definition) is 0. The molecule has 0 aromatic heterocycles. The lowest BCUT2D eigenvalue weighted by molar-refractivity contribution is 1.24. The van der Waals surface area contributed by atoms with Crippen molar-refractivity contribution >= 4 is 92.1 Å². The van der Waals surface area contributed by atoms with Gasteiger partial charge in [0.2, 0.25) is 6.71 Å². The van der Waals surface area contributed by atoms with E-state index in [1.807, 2.05) is 17.8 Å². The summed E-state index contributed by atoms with van der Waals surface area (Å²) in [5.74, 6) is 0. The third-order valence-electron chi connectivity index (χ3n) is 14.9. The molecule has 3 aliphatic rings. The van der Waals surface area contributed by atoms with E-state index in [1.54, 1.807) is 0 Å². The zero-order valence-electron chi connectivity index (χ0n) is 39.7. The van der Waals surface area contributed by atoms with E-state index in [4.69, 9.17) is 0 Å². The lowest BCUT2D eigenvalue weighted by atomic mass is 9.31. The number of hydrogen-bond acceptors (Lipinski definition) is 4. The summed E-state index contributed by atoms with van der Waals surface area (Å²) < 4.78 is 0. The number of nitrogens with zero attached hydrogens (tertiary/aromatic N) is 3. The van der Waals surface area contributed by atoms with Crippen LogP contribution in [0.3, 0.4) is 0 Å². The zero-order valence-corrected chi connectivity index (χ0v) is 40.5. The topological polar surface area (TPSA) is 30.3 Å². The molecule has 14 rings (SSSR count). The molecule has 0 saturated carbocycles. The van der Waals surface area contributed by atoms with Crippen LogP contribution in [0.1, 0.15) is 5.56 Å². The molecule has 0 saturated heterocycles. The van der Waals surface area contributed by atoms with Crippen LogP contribution in [0.5, 0.6) is 0 Å². The van der Waals surface area contributed by atoms with Crippen molar-refractivity contribution in [1.82, 2.24) is 0 Å². The van der Waals surface area contributed by atoms with Crippen molar-refractivity contribution in [2.45, 2.75) is 9.79 Å². The molecule has 0 amide bonds. The van der Waals surface area contributed by atoms with E-state index >= 15 is 0 Å². The predicted octanol–water partition coefficient (Wildman–Crippen LogP) is 13.3. The standard InChI is InChI=1S/C67H43B2N3S/c70-44-45-34-35-60(55(36-45)49-26-12-4-13-27-49)72-61-32-18-16-30-56(61)69-58-42-59-66(73-65-33-19-17-31-57(65)68(59)53-28-14-5-15-29-53)43-62(58)71(63-40-52(41-64(72)67(63)69)48-24-10-3-11-25-48)54-38-50(46-20-6-1-7-21-46)37-51(39-54)47-22-8-2-9-23-47/h1-43H. The van der Waals surface area contributed by atoms with Gasteiger partial charge in [0.05, 0.1) is 17.3 Å². The molecule has 0 atom stereocenters. The van der Waals surface area contributed by atoms with Gasteiger partial charge in [-0.25, -0.2) is 0 Å². The molecular weight excluding hydrogens is 900 g/mol. The van der Waals surface area contributed by atoms with Gasteiger partial charge in [0.25, 0.3) is 6.71 Å². The first-order valence-electron chi connectivity index (χ1n) is 24.9. The van der Waals surface area contributed by atoms with Crippen molar-refractivity contribution in [3.05, 3.63) is 266 Å². The minimum Gasteiger partial charge on any atom is -0.311 e. The average Bonchev–Trinajstić information content (AvgIpc) is 3.48. The third-order valence-corrected chi connectivity index (χ3v) is 16.1. The molecule has 338 valence electrons. The first-order valence-corrected chi connectivity index (χ1v) is 25.8. The first-order chi connectivity index (χ1) is 36.2. The number of fused-ring (bicyclic) bond motifs is 6. The summed E-state index contributed by atoms with van der Waals surface area (Å²) >= 11 is 1.89. The Morgan fingerprint density at radius 1 is 0.329 bits per heavy atom. The molecule has 3 nitrogen and oxygen atoms in total. The van der Waals surface area contributed by atoms with Gasteiger partial charge in [-0.1, -0.05) is 222 Å². The SMILES string of the molecule is N#Cc1ccc(N2c3ccccc3B3c4cc5c(cc4N(c4cc(-c6ccccc6)cc(-c6ccccc6)c4)c4cc(-c6ccccc6)cc2c43)Sc2ccccc2B5c2ccccc2)c(-c2ccccc2)c1. The minimum absolute atomic E-state index is 0.0437. The fraction of sp³-hybridized carbons (Fsp3) is 0. The van der Waals surface area contributed by atoms with Gasteiger partial charge in [-0.05, 0) is 122 Å². The Kier molecular flexibility index (Phi) is 10.4. The maximum atomic E-state index is 10.4. The summed E-state index contributed by atoms with van der Waals surface area (Å²) in [6.45, 7) is -0.0795. The highest BCUT2D eigenvalue weighted by Gasteiger charge is 2.45. The van der Waals surface area contributed by atoms with Crippen LogP contribution in [-0.4, -0.2) is 13.4 Å². The minimum atomic E-state index is -0.123. The Morgan fingerprint density at radius 3 is 1.49 bits per heavy atom. The van der Waals surface area contributed by atoms with Crippen LogP contribution in [0.2, 0.25) is 0 Å². The predicted molar refractivity (Wildman–Crippen MR) is 309 cm³/mol. The molecular formula is C67H43B2N3S. The van der Waals surface area contributed by atoms with Gasteiger partial charge in [0.1, 0.15) is 0 Å². The summed E-state index contributed by atoms with van der Waals surface area (Å²) in [5.41, 5.74) is 23.8. The number of benzene rings is 11. The monoisotopic (exact) mass is 943 g/mol. The van der Waals surface area contributed by atoms with Gasteiger partial charge in [0, 0.05) is 43.8 Å². The van der Waals surface area contributed by atoms with E-state index in [2.05, 4.69) is 271 Å². The van der Waals surface area contributed by atoms with Crippen LogP contribution in [0, 0.1) is 11.3 Å². The van der Waals surface area contributed by atoms with Crippen LogP contribution in [0.25, 0.3) is 44.5 Å². The van der Waals surface area contributed by atoms with Crippen LogP contribution in [-0.2, 0) is 0 Å². The highest BCUT2D eigenvalue weighted by Crippen LogP contribution is 2.50. The van der Waals surface area contributed by atoms with Crippen LogP contribution < -0.4 is 42.6 Å². The maximum absolute atomic E-state index is 10.4. The highest BCUT2D eigenvalue weighted by atomic mass is 32.2. The van der Waals surface area contributed by atoms with E-state index in [9.17, 15) is 5.26 Å². The second-order valence-electron chi connectivity index (χ2n) is 19.1. The van der Waals surface area contributed by atoms with E-state index < -0.39 is 0 Å². The van der Waals surface area contributed by atoms with Crippen molar-refractivity contribution < 1.29 is 0 Å². The van der Waals surface area contributed by atoms with Gasteiger partial charge in [-0.15, -0.1) is 0 Å². The van der Waals surface area contributed by atoms with E-state index in [1.165, 1.54) is 48.3 Å². The zero-order chi connectivity index (χ0) is 48.4. The molecule has 6 heteroatoms. The van der Waals surface area contributed by atoms with Gasteiger partial charge in [-0.2, -0.15) is 5.26 Å². The van der Waals surface area contributed by atoms with Gasteiger partial charge < -0.3 is 9.80 Å². The molecule has 0 N–H and O–H groups in total. The Hall–Kier alpha value is -9.01. The van der Waals surface area contributed by atoms with Crippen molar-refractivity contribution in [3.8, 4) is 50.6 Å². The molecule has 73 heavy (non-hydrogen) atoms. The number of rotatable bonds is 7. The summed E-state index contributed by atoms with van der Waals surface area (Å²) in [6, 6.07) is 97.7. The van der Waals surface area contributed by atoms with Crippen molar-refractivity contribution in [3.63, 3.8) is 0 Å². The fourth-order valence-electron chi connectivity index (χ4n) is 11.7. The summed E-state index contributed by atoms with van der Waals surface area (Å²) in [4.78, 5) is 7.61. The van der Waals surface area contributed by atoms with Gasteiger partial charge in [-0.3, -0.25) is 0 Å². The normalized spacial score (nSPS) is 12.8. The van der Waals surface area contributed by atoms with Gasteiger partial charge in [0.15, 0.2) is 0 Å². The van der Waals surface area contributed by atoms with E-state index in [0.29, 0.717) is 5.56 Å². The largest absolute Gasteiger partial charge is 0.311 e. The molecule has 0 aliphatic carbocycles. The smallest absolute Gasteiger partial charge is 0.252 e. The quantitative estimate of drug-likeness (QED) is 0.149. The van der Waals surface area contributed by atoms with Crippen LogP contribution >= 0.6 is 11.8 Å². The lowest BCUT2D eigenvalue weighted by Crippen LogP contribution is -2.63. The Balaban J connectivity index is 1.12. The van der Waals surface area contributed by atoms with Crippen LogP contribution in [0.15, 0.2) is 271 Å². The number of nitriles is 1. The van der Waals surface area contributed by atoms with E-state index in [-0.39, 0.29) is 13.4 Å². The summed E-state index contributed by atoms with van der Waals surface area (Å²) in [6.07, 6.45) is 0. The Morgan fingerprint density at radius 2 is 0.863 bits per heavy atom. The third kappa shape index (κ3) is 7.23. The Labute approximate surface area is 431 Å². The molecule has 0 radical (unpaired) electrons. The molecule has 0 spiro atoms. The molecule has 11 aromatic carbocycles. The molecule has 0 fully saturated rings. The second kappa shape index (κ2) is 17.7. The van der Waals surface area contributed by atoms with Crippen LogP contribution in [0.4, 0.5) is 34.1 Å². The molecule has 0 bridgehead atoms. The molecule has 0 unspecified atom stereocenters. The highest BCUT2D eigenvalue weighted by molar-refractivity contribution is 8.00. The van der Waals surface area contributed by atoms with Gasteiger partial charge >= 0.3 is 0 Å². The molecule has 3 heterocycles.